The fourth-order valence-electron chi connectivity index (χ4n) is 25.8. The lowest BCUT2D eigenvalue weighted by Gasteiger charge is -2.64. The molecule has 11 heteroatoms. The topological polar surface area (TPSA) is 109 Å². The Morgan fingerprint density at radius 2 is 0.988 bits per heavy atom. The third kappa shape index (κ3) is 8.82. The number of fused-ring (bicyclic) bond motifs is 8. The lowest BCUT2D eigenvalue weighted by molar-refractivity contribution is -0.189. The van der Waals surface area contributed by atoms with E-state index in [1.165, 1.54) is 102 Å². The minimum absolute atomic E-state index is 0. The van der Waals surface area contributed by atoms with E-state index in [0.29, 0.717) is 62.6 Å². The number of aliphatic hydroxyl groups is 4. The smallest absolute Gasteiger partial charge is 0.355 e. The van der Waals surface area contributed by atoms with Crippen LogP contribution >= 0.6 is 15.9 Å². The molecule has 0 bridgehead atoms. The van der Waals surface area contributed by atoms with Gasteiger partial charge in [-0.1, -0.05) is 146 Å². The Bertz CT molecular complexity index is 2360. The molecule has 2 heterocycles. The van der Waals surface area contributed by atoms with Crippen molar-refractivity contribution in [2.45, 2.75) is 322 Å². The van der Waals surface area contributed by atoms with Crippen LogP contribution in [0.15, 0.2) is 0 Å². The summed E-state index contributed by atoms with van der Waals surface area (Å²) in [6, 6.07) is 3.58. The standard InChI is InChI=1S/C38H68O3Si.C31H52O4.CH4.H2P2S/c1-13-42(14-2,15-3)41-32-30-29(24(4)22-26(40-30)31(39)33(6,7)8)35(11)20-21-38-23-37(38)19-18-25(5)34(9,10)27(37)16-17-28(38)36(32,35)12;1-17-15-18(24(33)26(2,3)4)35-23-22(17)28(7)13-14-31-16-30(31)12-11-21(32)27(5,6)19(30)9-10-20(31)29(28,8)25(23)34;;1-2-3/h24-32,39H,13-23H2,1-12H3;17-25,32-34H,9-16H2,1-8H3;1H4;1H2/p+1/t24-,25?,26?,27+,28+,29?,30?,31?,32+,35-,36-,37-,38?;17-,18?,19+,20+,21?,22?,23?,24?,25+,28-,29-,30-,31?;;/m11../s1/i/hT. The van der Waals surface area contributed by atoms with Gasteiger partial charge in [-0.2, -0.15) is 0 Å². The molecule has 0 aromatic heterocycles. The molecular weight excluding hydrogens is 1070 g/mol. The molecule has 2 aliphatic heterocycles. The van der Waals surface area contributed by atoms with Crippen LogP contribution in [0.2, 0.25) is 18.1 Å². The summed E-state index contributed by atoms with van der Waals surface area (Å²) in [4.78, 5) is 0. The monoisotopic (exact) mass is 1200 g/mol. The fourth-order valence-corrected chi connectivity index (χ4v) is 28.7. The number of ether oxygens (including phenoxy) is 2. The second-order valence-electron chi connectivity index (χ2n) is 35.6. The van der Waals surface area contributed by atoms with Crippen molar-refractivity contribution in [2.24, 2.45) is 118 Å². The highest BCUT2D eigenvalue weighted by Gasteiger charge is 2.87. The summed E-state index contributed by atoms with van der Waals surface area (Å²) in [5.74, 6) is 5.42. The first-order valence-corrected chi connectivity index (χ1v) is 39.7. The van der Waals surface area contributed by atoms with Gasteiger partial charge in [0, 0.05) is 10.8 Å². The van der Waals surface area contributed by atoms with E-state index in [4.69, 9.17) is 15.2 Å². The molecule has 0 aromatic carbocycles. The number of aliphatic hydroxyl groups excluding tert-OH is 4. The van der Waals surface area contributed by atoms with Crippen LogP contribution in [0.3, 0.4) is 0 Å². The van der Waals surface area contributed by atoms with E-state index < -0.39 is 33.6 Å². The highest BCUT2D eigenvalue weighted by atomic mass is 32.6. The Morgan fingerprint density at radius 3 is 1.44 bits per heavy atom. The summed E-state index contributed by atoms with van der Waals surface area (Å²) in [6.45, 7) is 46.8. The van der Waals surface area contributed by atoms with Gasteiger partial charge in [-0.05, 0) is 228 Å². The summed E-state index contributed by atoms with van der Waals surface area (Å²) in [5, 5.41) is 45.8. The summed E-state index contributed by atoms with van der Waals surface area (Å²) < 4.78 is 28.3. The minimum atomic E-state index is -1.90. The van der Waals surface area contributed by atoms with Gasteiger partial charge in [0.25, 0.3) is 0 Å². The zero-order chi connectivity index (χ0) is 60.0. The van der Waals surface area contributed by atoms with Crippen LogP contribution in [-0.2, 0) is 25.7 Å². The molecule has 2 saturated heterocycles. The van der Waals surface area contributed by atoms with Crippen molar-refractivity contribution in [3.63, 3.8) is 0 Å². The van der Waals surface area contributed by atoms with Crippen molar-refractivity contribution in [2.75, 3.05) is 0 Å². The highest BCUT2D eigenvalue weighted by molar-refractivity contribution is 8.24. The first-order valence-electron chi connectivity index (χ1n) is 34.1. The zero-order valence-corrected chi connectivity index (χ0v) is 58.6. The Labute approximate surface area is 508 Å². The van der Waals surface area contributed by atoms with E-state index in [-0.39, 0.29) is 82.0 Å². The van der Waals surface area contributed by atoms with Crippen molar-refractivity contribution in [1.82, 2.24) is 0 Å². The van der Waals surface area contributed by atoms with Crippen molar-refractivity contribution in [3.05, 3.63) is 0 Å². The molecule has 12 aliphatic rings. The molecule has 12 fully saturated rings. The van der Waals surface area contributed by atoms with Crippen LogP contribution in [0.1, 0.15) is 249 Å². The van der Waals surface area contributed by atoms with Crippen LogP contribution in [0.5, 0.6) is 0 Å². The fraction of sp³-hybridized carbons (Fsp3) is 1.00. The molecule has 4 N–H and O–H groups in total. The summed E-state index contributed by atoms with van der Waals surface area (Å²) in [5.41, 5.74) is 2.06. The maximum Gasteiger partial charge on any atom is 0.355 e. The largest absolute Gasteiger partial charge is 0.411 e. The van der Waals surface area contributed by atoms with Crippen molar-refractivity contribution in [3.8, 4) is 0 Å². The van der Waals surface area contributed by atoms with Gasteiger partial charge >= 0.3 is 1.28 Å². The quantitative estimate of drug-likeness (QED) is 0.147. The van der Waals surface area contributed by atoms with E-state index >= 15 is 0 Å². The molecule has 0 amide bonds. The first kappa shape index (κ1) is 64.9. The van der Waals surface area contributed by atoms with Crippen LogP contribution < -0.4 is 0 Å². The molecule has 7 nitrogen and oxygen atoms in total. The predicted octanol–water partition coefficient (Wildman–Crippen LogP) is 17.0. The normalized spacial score (nSPS) is 53.1. The van der Waals surface area contributed by atoms with E-state index in [0.717, 1.165) is 37.0 Å². The van der Waals surface area contributed by atoms with Gasteiger partial charge < -0.3 is 34.3 Å². The average molecular weight is 1200 g/mol. The molecule has 14 unspecified atom stereocenters. The van der Waals surface area contributed by atoms with E-state index in [2.05, 4.69) is 159 Å². The van der Waals surface area contributed by atoms with Gasteiger partial charge in [0.15, 0.2) is 27.1 Å². The van der Waals surface area contributed by atoms with Crippen LogP contribution in [-0.4, -0.2) is 85.0 Å². The number of hydrogen-bond donors (Lipinski definition) is 4. The van der Waals surface area contributed by atoms with Gasteiger partial charge in [-0.15, -0.1) is 0 Å². The third-order valence-corrected chi connectivity index (χ3v) is 35.6. The summed E-state index contributed by atoms with van der Waals surface area (Å²) in [7, 11) is 0.303. The van der Waals surface area contributed by atoms with Crippen molar-refractivity contribution < 1.29 is 34.3 Å². The Hall–Kier alpha value is 0.887. The van der Waals surface area contributed by atoms with Gasteiger partial charge in [0.2, 0.25) is 0 Å². The summed E-state index contributed by atoms with van der Waals surface area (Å²) in [6.07, 6.45) is 18.2. The lowest BCUT2D eigenvalue weighted by atomic mass is 9.41. The molecule has 10 aliphatic carbocycles. The minimum Gasteiger partial charge on any atom is -0.411 e. The SMILES string of the molecule is C.CC[Si](CC)(CC)O[C@H]1C2OC(C(O)C(C)(C)C)C[C@@H](C)C2[C@@]2(C)CCC34C[C@@]35CCC(C)C(C)(C)[C@@H]5CC[C@H]4[C@]12C.C[C@@H]1CC(C(O)C(C)(C)C)OC2C1[C@@]1(C)CCC34C[C@@]35CCC(O)C(C)(C)[C@@H]5CC[C@H]4[C@]1(C)[C@H]2O.[3H][P+](P)=S. The maximum absolute atomic E-state index is 12.2. The average Bonchev–Trinajstić information content (AvgIpc) is 2.51. The Balaban J connectivity index is 0.000000186. The molecule has 12 rings (SSSR count). The summed E-state index contributed by atoms with van der Waals surface area (Å²) >= 11 is 4.31. The second-order valence-corrected chi connectivity index (χ2v) is 43.1. The molecule has 4 spiro atoms. The lowest BCUT2D eigenvalue weighted by Crippen LogP contribution is -2.60. The molecular formula is C70H127O7P2SSi+. The first-order chi connectivity index (χ1) is 37.3. The van der Waals surface area contributed by atoms with E-state index in [1.807, 2.05) is 0 Å². The molecule has 0 aromatic rings. The Morgan fingerprint density at radius 1 is 0.605 bits per heavy atom. The highest BCUT2D eigenvalue weighted by Crippen LogP contribution is 2.91. The molecule has 10 saturated carbocycles. The van der Waals surface area contributed by atoms with Gasteiger partial charge in [-0.25, -0.2) is 0 Å². The van der Waals surface area contributed by atoms with E-state index in [9.17, 15) is 20.4 Å². The molecule has 28 atom stereocenters. The Kier molecular flexibility index (Phi) is 17.0. The predicted molar refractivity (Wildman–Crippen MR) is 346 cm³/mol. The van der Waals surface area contributed by atoms with Crippen LogP contribution in [0.4, 0.5) is 0 Å². The van der Waals surface area contributed by atoms with Gasteiger partial charge in [-0.3, -0.25) is 0 Å². The van der Waals surface area contributed by atoms with Gasteiger partial charge in [0.05, 0.1) is 63.9 Å². The van der Waals surface area contributed by atoms with Crippen LogP contribution in [0, 0.1) is 118 Å². The third-order valence-electron chi connectivity index (χ3n) is 30.9. The van der Waals surface area contributed by atoms with E-state index in [1.54, 1.807) is 0 Å². The number of hydrogen-bond acceptors (Lipinski definition) is 8. The van der Waals surface area contributed by atoms with Crippen molar-refractivity contribution in [1.29, 1.82) is 1.28 Å². The van der Waals surface area contributed by atoms with Crippen molar-refractivity contribution >= 4 is 36.0 Å². The second kappa shape index (κ2) is 21.2. The molecule has 468 valence electrons. The van der Waals surface area contributed by atoms with Gasteiger partial charge in [0.1, 0.15) is 0 Å². The number of rotatable bonds is 7. The maximum atomic E-state index is 12.2. The molecule has 81 heavy (non-hydrogen) atoms. The zero-order valence-electron chi connectivity index (χ0n) is 55.8. The molecule has 0 radical (unpaired) electrons. The van der Waals surface area contributed by atoms with Crippen LogP contribution in [0.25, 0.3) is 0 Å².